The van der Waals surface area contributed by atoms with Crippen molar-refractivity contribution in [1.82, 2.24) is 5.32 Å². The molecular formula is C13H20BrNO2. The first-order valence-electron chi connectivity index (χ1n) is 5.82. The third-order valence-electron chi connectivity index (χ3n) is 2.48. The summed E-state index contributed by atoms with van der Waals surface area (Å²) in [5.74, 6) is 0.900. The average Bonchev–Trinajstić information content (AvgIpc) is 2.34. The van der Waals surface area contributed by atoms with Crippen LogP contribution < -0.4 is 10.1 Å². The van der Waals surface area contributed by atoms with Crippen LogP contribution in [0, 0.1) is 0 Å². The van der Waals surface area contributed by atoms with E-state index >= 15 is 0 Å². The third-order valence-corrected chi connectivity index (χ3v) is 3.10. The van der Waals surface area contributed by atoms with Crippen LogP contribution in [0.3, 0.4) is 0 Å². The maximum atomic E-state index is 5.81. The maximum absolute atomic E-state index is 5.81. The molecule has 0 radical (unpaired) electrons. The molecule has 3 nitrogen and oxygen atoms in total. The van der Waals surface area contributed by atoms with Crippen LogP contribution in [0.15, 0.2) is 22.7 Å². The number of benzene rings is 1. The number of halogens is 1. The van der Waals surface area contributed by atoms with Crippen molar-refractivity contribution >= 4 is 15.9 Å². The highest BCUT2D eigenvalue weighted by molar-refractivity contribution is 9.10. The molecule has 1 aromatic rings. The molecule has 0 spiro atoms. The van der Waals surface area contributed by atoms with E-state index in [1.54, 1.807) is 7.11 Å². The number of nitrogens with one attached hydrogen (secondary N) is 1. The molecule has 0 aromatic heterocycles. The van der Waals surface area contributed by atoms with Crippen LogP contribution in [0.1, 0.15) is 19.4 Å². The molecule has 0 bridgehead atoms. The Balaban J connectivity index is 2.72. The molecule has 0 amide bonds. The van der Waals surface area contributed by atoms with Crippen LogP contribution in [-0.4, -0.2) is 26.4 Å². The summed E-state index contributed by atoms with van der Waals surface area (Å²) in [4.78, 5) is 0. The van der Waals surface area contributed by atoms with Crippen LogP contribution in [-0.2, 0) is 11.3 Å². The van der Waals surface area contributed by atoms with Crippen molar-refractivity contribution in [1.29, 1.82) is 0 Å². The highest BCUT2D eigenvalue weighted by Crippen LogP contribution is 2.29. The fraction of sp³-hybridized carbons (Fsp3) is 0.538. The molecule has 96 valence electrons. The van der Waals surface area contributed by atoms with Crippen LogP contribution in [0.5, 0.6) is 5.75 Å². The molecule has 1 unspecified atom stereocenters. The minimum Gasteiger partial charge on any atom is -0.489 e. The second kappa shape index (κ2) is 7.69. The number of ether oxygens (including phenoxy) is 2. The predicted molar refractivity (Wildman–Crippen MR) is 73.5 cm³/mol. The zero-order chi connectivity index (χ0) is 12.7. The number of hydrogen-bond acceptors (Lipinski definition) is 3. The van der Waals surface area contributed by atoms with Gasteiger partial charge in [0, 0.05) is 19.2 Å². The Labute approximate surface area is 112 Å². The van der Waals surface area contributed by atoms with Gasteiger partial charge in [-0.1, -0.05) is 19.1 Å². The first kappa shape index (κ1) is 14.5. The summed E-state index contributed by atoms with van der Waals surface area (Å²) in [5, 5.41) is 3.30. The van der Waals surface area contributed by atoms with E-state index in [2.05, 4.69) is 34.2 Å². The van der Waals surface area contributed by atoms with Crippen LogP contribution in [0.25, 0.3) is 0 Å². The summed E-state index contributed by atoms with van der Waals surface area (Å²) in [6.45, 7) is 6.39. The molecule has 0 aliphatic rings. The van der Waals surface area contributed by atoms with Crippen molar-refractivity contribution in [2.45, 2.75) is 26.5 Å². The summed E-state index contributed by atoms with van der Waals surface area (Å²) >= 11 is 3.52. The Morgan fingerprint density at radius 2 is 2.18 bits per heavy atom. The molecule has 0 saturated heterocycles. The van der Waals surface area contributed by atoms with Gasteiger partial charge in [0.05, 0.1) is 10.6 Å². The van der Waals surface area contributed by atoms with E-state index in [0.29, 0.717) is 6.61 Å². The summed E-state index contributed by atoms with van der Waals surface area (Å²) in [5.41, 5.74) is 1.16. The molecule has 0 aliphatic carbocycles. The second-order valence-electron chi connectivity index (χ2n) is 3.87. The molecule has 1 atom stereocenters. The molecule has 0 heterocycles. The lowest BCUT2D eigenvalue weighted by Crippen LogP contribution is -2.18. The molecule has 1 N–H and O–H groups in total. The molecule has 1 rings (SSSR count). The van der Waals surface area contributed by atoms with E-state index in [1.165, 1.54) is 0 Å². The number of methoxy groups -OCH3 is 1. The Morgan fingerprint density at radius 3 is 2.82 bits per heavy atom. The van der Waals surface area contributed by atoms with Gasteiger partial charge in [-0.3, -0.25) is 0 Å². The van der Waals surface area contributed by atoms with Gasteiger partial charge in [-0.25, -0.2) is 0 Å². The maximum Gasteiger partial charge on any atom is 0.138 e. The summed E-state index contributed by atoms with van der Waals surface area (Å²) in [6.07, 6.45) is 0.0918. The van der Waals surface area contributed by atoms with Crippen molar-refractivity contribution in [3.63, 3.8) is 0 Å². The van der Waals surface area contributed by atoms with E-state index in [1.807, 2.05) is 19.1 Å². The molecule has 4 heteroatoms. The van der Waals surface area contributed by atoms with Crippen molar-refractivity contribution in [3.05, 3.63) is 28.2 Å². The summed E-state index contributed by atoms with van der Waals surface area (Å²) < 4.78 is 12.0. The fourth-order valence-corrected chi connectivity index (χ4v) is 1.90. The van der Waals surface area contributed by atoms with Crippen molar-refractivity contribution in [2.75, 3.05) is 20.3 Å². The van der Waals surface area contributed by atoms with E-state index in [4.69, 9.17) is 9.47 Å². The summed E-state index contributed by atoms with van der Waals surface area (Å²) in [7, 11) is 1.69. The Morgan fingerprint density at radius 1 is 1.41 bits per heavy atom. The highest BCUT2D eigenvalue weighted by atomic mass is 79.9. The van der Waals surface area contributed by atoms with Crippen LogP contribution in [0.4, 0.5) is 0 Å². The largest absolute Gasteiger partial charge is 0.489 e. The van der Waals surface area contributed by atoms with E-state index in [9.17, 15) is 0 Å². The van der Waals surface area contributed by atoms with Gasteiger partial charge in [0.15, 0.2) is 0 Å². The molecule has 1 aromatic carbocycles. The topological polar surface area (TPSA) is 30.5 Å². The van der Waals surface area contributed by atoms with Gasteiger partial charge in [-0.05, 0) is 35.5 Å². The zero-order valence-corrected chi connectivity index (χ0v) is 12.2. The Kier molecular flexibility index (Phi) is 6.55. The van der Waals surface area contributed by atoms with Gasteiger partial charge in [0.2, 0.25) is 0 Å². The summed E-state index contributed by atoms with van der Waals surface area (Å²) in [6, 6.07) is 6.08. The predicted octanol–water partition coefficient (Wildman–Crippen LogP) is 2.97. The quantitative estimate of drug-likeness (QED) is 0.840. The number of rotatable bonds is 7. The number of hydrogen-bond donors (Lipinski definition) is 1. The van der Waals surface area contributed by atoms with Gasteiger partial charge in [0.25, 0.3) is 0 Å². The van der Waals surface area contributed by atoms with Gasteiger partial charge >= 0.3 is 0 Å². The molecular weight excluding hydrogens is 282 g/mol. The monoisotopic (exact) mass is 301 g/mol. The normalized spacial score (nSPS) is 12.5. The molecule has 0 fully saturated rings. The highest BCUT2D eigenvalue weighted by Gasteiger charge is 2.09. The van der Waals surface area contributed by atoms with Crippen molar-refractivity contribution in [3.8, 4) is 5.75 Å². The van der Waals surface area contributed by atoms with E-state index < -0.39 is 0 Å². The van der Waals surface area contributed by atoms with Gasteiger partial charge < -0.3 is 14.8 Å². The van der Waals surface area contributed by atoms with Crippen molar-refractivity contribution < 1.29 is 9.47 Å². The standard InChI is InChI=1S/C13H20BrNO2/c1-4-15-8-11-6-5-7-12(14)13(11)17-9-10(2)16-3/h5-7,10,15H,4,8-9H2,1-3H3. The average molecular weight is 302 g/mol. The van der Waals surface area contributed by atoms with Gasteiger partial charge in [0.1, 0.15) is 12.4 Å². The fourth-order valence-electron chi connectivity index (χ4n) is 1.38. The third kappa shape index (κ3) is 4.66. The van der Waals surface area contributed by atoms with Crippen LogP contribution >= 0.6 is 15.9 Å². The molecule has 0 saturated carbocycles. The first-order valence-corrected chi connectivity index (χ1v) is 6.62. The Hall–Kier alpha value is -0.580. The molecule has 0 aliphatic heterocycles. The molecule has 17 heavy (non-hydrogen) atoms. The second-order valence-corrected chi connectivity index (χ2v) is 4.72. The smallest absolute Gasteiger partial charge is 0.138 e. The van der Waals surface area contributed by atoms with Crippen LogP contribution in [0.2, 0.25) is 0 Å². The SMILES string of the molecule is CCNCc1cccc(Br)c1OCC(C)OC. The lowest BCUT2D eigenvalue weighted by atomic mass is 10.2. The minimum atomic E-state index is 0.0918. The zero-order valence-electron chi connectivity index (χ0n) is 10.6. The lowest BCUT2D eigenvalue weighted by Gasteiger charge is -2.16. The minimum absolute atomic E-state index is 0.0918. The van der Waals surface area contributed by atoms with Gasteiger partial charge in [-0.15, -0.1) is 0 Å². The van der Waals surface area contributed by atoms with E-state index in [0.717, 1.165) is 28.9 Å². The lowest BCUT2D eigenvalue weighted by molar-refractivity contribution is 0.0710. The van der Waals surface area contributed by atoms with Crippen molar-refractivity contribution in [2.24, 2.45) is 0 Å². The number of para-hydroxylation sites is 1. The van der Waals surface area contributed by atoms with E-state index in [-0.39, 0.29) is 6.10 Å². The Bertz CT molecular complexity index is 344. The first-order chi connectivity index (χ1) is 8.19. The van der Waals surface area contributed by atoms with Gasteiger partial charge in [-0.2, -0.15) is 0 Å².